The van der Waals surface area contributed by atoms with E-state index in [4.69, 9.17) is 0 Å². The number of carbonyl (C=O) groups is 1. The average molecular weight is 282 g/mol. The highest BCUT2D eigenvalue weighted by molar-refractivity contribution is 5.90. The van der Waals surface area contributed by atoms with E-state index < -0.39 is 0 Å². The molecular formula is C18H22N2O. The van der Waals surface area contributed by atoms with Crippen molar-refractivity contribution < 1.29 is 4.79 Å². The van der Waals surface area contributed by atoms with Crippen LogP contribution in [0.4, 0.5) is 0 Å². The molecule has 0 radical (unpaired) electrons. The van der Waals surface area contributed by atoms with E-state index in [2.05, 4.69) is 35.8 Å². The molecule has 0 bridgehead atoms. The van der Waals surface area contributed by atoms with Gasteiger partial charge in [-0.05, 0) is 42.6 Å². The first-order valence-electron chi connectivity index (χ1n) is 7.65. The highest BCUT2D eigenvalue weighted by Gasteiger charge is 2.28. The van der Waals surface area contributed by atoms with Crippen LogP contribution < -0.4 is 10.6 Å². The Labute approximate surface area is 125 Å². The summed E-state index contributed by atoms with van der Waals surface area (Å²) in [6.45, 7) is 3.94. The van der Waals surface area contributed by atoms with Crippen LogP contribution in [0.15, 0.2) is 42.5 Å². The molecular weight excluding hydrogens is 260 g/mol. The molecule has 1 saturated heterocycles. The molecule has 1 aliphatic rings. The Balaban J connectivity index is 1.66. The van der Waals surface area contributed by atoms with Crippen LogP contribution in [0.2, 0.25) is 0 Å². The first kappa shape index (κ1) is 14.1. The van der Waals surface area contributed by atoms with Gasteiger partial charge in [0.2, 0.25) is 5.91 Å². The maximum Gasteiger partial charge on any atom is 0.224 e. The lowest BCUT2D eigenvalue weighted by molar-refractivity contribution is -0.120. The van der Waals surface area contributed by atoms with E-state index in [0.717, 1.165) is 18.5 Å². The third kappa shape index (κ3) is 3.24. The fraction of sp³-hybridized carbons (Fsp3) is 0.389. The van der Waals surface area contributed by atoms with Gasteiger partial charge in [-0.3, -0.25) is 4.79 Å². The molecule has 1 amide bonds. The summed E-state index contributed by atoms with van der Waals surface area (Å²) in [4.78, 5) is 12.2. The lowest BCUT2D eigenvalue weighted by Gasteiger charge is -2.24. The minimum absolute atomic E-state index is 0.0639. The Kier molecular flexibility index (Phi) is 3.93. The maximum atomic E-state index is 12.2. The zero-order chi connectivity index (χ0) is 14.7. The number of carbonyl (C=O) groups excluding carboxylic acids is 1. The van der Waals surface area contributed by atoms with Crippen LogP contribution in [0.25, 0.3) is 10.8 Å². The van der Waals surface area contributed by atoms with Crippen molar-refractivity contribution in [3.63, 3.8) is 0 Å². The molecule has 0 spiro atoms. The molecule has 1 atom stereocenters. The molecule has 0 saturated carbocycles. The summed E-state index contributed by atoms with van der Waals surface area (Å²) < 4.78 is 0. The van der Waals surface area contributed by atoms with Crippen molar-refractivity contribution in [2.45, 2.75) is 31.7 Å². The topological polar surface area (TPSA) is 41.1 Å². The number of hydrogen-bond acceptors (Lipinski definition) is 2. The van der Waals surface area contributed by atoms with Crippen LogP contribution in [-0.2, 0) is 11.2 Å². The molecule has 110 valence electrons. The van der Waals surface area contributed by atoms with E-state index in [1.54, 1.807) is 0 Å². The summed E-state index contributed by atoms with van der Waals surface area (Å²) >= 11 is 0. The van der Waals surface area contributed by atoms with Crippen LogP contribution in [0, 0.1) is 0 Å². The molecule has 3 heteroatoms. The zero-order valence-corrected chi connectivity index (χ0v) is 12.5. The van der Waals surface area contributed by atoms with Crippen molar-refractivity contribution in [1.29, 1.82) is 0 Å². The molecule has 1 aliphatic heterocycles. The largest absolute Gasteiger partial charge is 0.354 e. The highest BCUT2D eigenvalue weighted by atomic mass is 16.1. The molecule has 1 unspecified atom stereocenters. The van der Waals surface area contributed by atoms with Crippen molar-refractivity contribution in [2.75, 3.05) is 13.1 Å². The van der Waals surface area contributed by atoms with Crippen molar-refractivity contribution in [1.82, 2.24) is 10.6 Å². The molecule has 0 aromatic heterocycles. The molecule has 3 nitrogen and oxygen atoms in total. The quantitative estimate of drug-likeness (QED) is 0.905. The molecule has 2 N–H and O–H groups in total. The van der Waals surface area contributed by atoms with Gasteiger partial charge in [-0.2, -0.15) is 0 Å². The summed E-state index contributed by atoms with van der Waals surface area (Å²) in [5, 5.41) is 8.90. The first-order chi connectivity index (χ1) is 10.2. The van der Waals surface area contributed by atoms with E-state index in [1.165, 1.54) is 17.2 Å². The van der Waals surface area contributed by atoms with Gasteiger partial charge >= 0.3 is 0 Å². The van der Waals surface area contributed by atoms with Gasteiger partial charge in [0.1, 0.15) is 0 Å². The maximum absolute atomic E-state index is 12.2. The standard InChI is InChI=1S/C18H22N2O/c1-18(10-5-11-20-18)13-19-17(21)12-15-8-4-7-14-6-2-3-9-16(14)15/h2-4,6-9,20H,5,10-13H2,1H3,(H,19,21). The number of amides is 1. The molecule has 1 heterocycles. The predicted molar refractivity (Wildman–Crippen MR) is 86.3 cm³/mol. The number of benzene rings is 2. The summed E-state index contributed by atoms with van der Waals surface area (Å²) in [5.74, 6) is 0.0984. The van der Waals surface area contributed by atoms with Gasteiger partial charge in [0.25, 0.3) is 0 Å². The van der Waals surface area contributed by atoms with Crippen molar-refractivity contribution in [3.05, 3.63) is 48.0 Å². The Bertz CT molecular complexity index is 639. The van der Waals surface area contributed by atoms with Gasteiger partial charge in [-0.25, -0.2) is 0 Å². The molecule has 3 rings (SSSR count). The van der Waals surface area contributed by atoms with Crippen LogP contribution in [-0.4, -0.2) is 24.5 Å². The third-order valence-electron chi connectivity index (χ3n) is 4.36. The van der Waals surface area contributed by atoms with Crippen molar-refractivity contribution >= 4 is 16.7 Å². The number of nitrogens with one attached hydrogen (secondary N) is 2. The van der Waals surface area contributed by atoms with E-state index in [0.29, 0.717) is 13.0 Å². The van der Waals surface area contributed by atoms with Gasteiger partial charge in [0.15, 0.2) is 0 Å². The normalized spacial score (nSPS) is 21.6. The zero-order valence-electron chi connectivity index (χ0n) is 12.5. The number of hydrogen-bond donors (Lipinski definition) is 2. The SMILES string of the molecule is CC1(CNC(=O)Cc2cccc3ccccc23)CCCN1. The Morgan fingerprint density at radius 2 is 2.05 bits per heavy atom. The Morgan fingerprint density at radius 1 is 1.24 bits per heavy atom. The second-order valence-corrected chi connectivity index (χ2v) is 6.18. The van der Waals surface area contributed by atoms with Crippen LogP contribution in [0.5, 0.6) is 0 Å². The fourth-order valence-electron chi connectivity index (χ4n) is 3.08. The number of fused-ring (bicyclic) bond motifs is 1. The monoisotopic (exact) mass is 282 g/mol. The fourth-order valence-corrected chi connectivity index (χ4v) is 3.08. The average Bonchev–Trinajstić information content (AvgIpc) is 2.93. The second-order valence-electron chi connectivity index (χ2n) is 6.18. The molecule has 2 aromatic carbocycles. The van der Waals surface area contributed by atoms with Gasteiger partial charge in [0, 0.05) is 12.1 Å². The third-order valence-corrected chi connectivity index (χ3v) is 4.36. The second kappa shape index (κ2) is 5.86. The Hall–Kier alpha value is -1.87. The van der Waals surface area contributed by atoms with Gasteiger partial charge in [-0.15, -0.1) is 0 Å². The molecule has 0 aliphatic carbocycles. The lowest BCUT2D eigenvalue weighted by Crippen LogP contribution is -2.47. The summed E-state index contributed by atoms with van der Waals surface area (Å²) in [6, 6.07) is 14.4. The van der Waals surface area contributed by atoms with Crippen LogP contribution in [0.1, 0.15) is 25.3 Å². The van der Waals surface area contributed by atoms with Gasteiger partial charge in [0.05, 0.1) is 6.42 Å². The van der Waals surface area contributed by atoms with Crippen LogP contribution in [0.3, 0.4) is 0 Å². The smallest absolute Gasteiger partial charge is 0.224 e. The van der Waals surface area contributed by atoms with Gasteiger partial charge in [-0.1, -0.05) is 42.5 Å². The molecule has 21 heavy (non-hydrogen) atoms. The van der Waals surface area contributed by atoms with Crippen molar-refractivity contribution in [3.8, 4) is 0 Å². The molecule has 2 aromatic rings. The summed E-state index contributed by atoms with van der Waals surface area (Å²) in [7, 11) is 0. The van der Waals surface area contributed by atoms with Crippen LogP contribution >= 0.6 is 0 Å². The minimum atomic E-state index is 0.0639. The summed E-state index contributed by atoms with van der Waals surface area (Å²) in [6.07, 6.45) is 2.76. The summed E-state index contributed by atoms with van der Waals surface area (Å²) in [5.41, 5.74) is 1.16. The van der Waals surface area contributed by atoms with Gasteiger partial charge < -0.3 is 10.6 Å². The Morgan fingerprint density at radius 3 is 2.86 bits per heavy atom. The van der Waals surface area contributed by atoms with E-state index in [-0.39, 0.29) is 11.4 Å². The van der Waals surface area contributed by atoms with E-state index in [1.807, 2.05) is 24.3 Å². The van der Waals surface area contributed by atoms with E-state index >= 15 is 0 Å². The minimum Gasteiger partial charge on any atom is -0.354 e. The lowest BCUT2D eigenvalue weighted by atomic mass is 9.99. The number of rotatable bonds is 4. The van der Waals surface area contributed by atoms with E-state index in [9.17, 15) is 4.79 Å². The first-order valence-corrected chi connectivity index (χ1v) is 7.65. The predicted octanol–water partition coefficient (Wildman–Crippen LogP) is 2.64. The highest BCUT2D eigenvalue weighted by Crippen LogP contribution is 2.19. The molecule has 1 fully saturated rings. The van der Waals surface area contributed by atoms with Crippen molar-refractivity contribution in [2.24, 2.45) is 0 Å².